The second kappa shape index (κ2) is 11.6. The molecule has 0 radical (unpaired) electrons. The predicted molar refractivity (Wildman–Crippen MR) is 160 cm³/mol. The quantitative estimate of drug-likeness (QED) is 0.275. The molecule has 0 saturated carbocycles. The van der Waals surface area contributed by atoms with Crippen LogP contribution < -0.4 is 9.80 Å². The van der Waals surface area contributed by atoms with Gasteiger partial charge in [0.25, 0.3) is 0 Å². The Morgan fingerprint density at radius 1 is 1.05 bits per heavy atom. The van der Waals surface area contributed by atoms with Crippen LogP contribution in [-0.4, -0.2) is 52.7 Å². The zero-order valence-corrected chi connectivity index (χ0v) is 23.7. The molecule has 3 heterocycles. The number of nitrogens with zero attached hydrogens (tertiary/aromatic N) is 6. The van der Waals surface area contributed by atoms with Crippen molar-refractivity contribution in [1.82, 2.24) is 14.9 Å². The molecule has 0 bridgehead atoms. The molecular formula is C32H31ClN6O2. The first-order valence-corrected chi connectivity index (χ1v) is 14.3. The summed E-state index contributed by atoms with van der Waals surface area (Å²) in [6.45, 7) is 4.57. The number of anilines is 2. The first kappa shape index (κ1) is 26.9. The third-order valence-corrected chi connectivity index (χ3v) is 8.17. The number of hydrogen-bond acceptors (Lipinski definition) is 7. The fraction of sp³-hybridized carbons (Fsp3) is 0.312. The van der Waals surface area contributed by atoms with Crippen molar-refractivity contribution in [1.29, 1.82) is 5.26 Å². The first-order chi connectivity index (χ1) is 20.0. The average molecular weight is 567 g/mol. The van der Waals surface area contributed by atoms with E-state index in [0.717, 1.165) is 35.6 Å². The van der Waals surface area contributed by atoms with Crippen LogP contribution in [0.5, 0.6) is 0 Å². The van der Waals surface area contributed by atoms with Gasteiger partial charge in [-0.3, -0.25) is 0 Å². The largest absolute Gasteiger partial charge is 0.445 e. The van der Waals surface area contributed by atoms with Crippen LogP contribution >= 0.6 is 11.6 Å². The van der Waals surface area contributed by atoms with Gasteiger partial charge in [-0.15, -0.1) is 0 Å². The molecule has 0 aliphatic carbocycles. The van der Waals surface area contributed by atoms with E-state index in [0.29, 0.717) is 19.6 Å². The highest BCUT2D eigenvalue weighted by Crippen LogP contribution is 2.35. The third kappa shape index (κ3) is 5.50. The van der Waals surface area contributed by atoms with Gasteiger partial charge in [-0.05, 0) is 42.0 Å². The number of rotatable bonds is 5. The van der Waals surface area contributed by atoms with Gasteiger partial charge in [0.15, 0.2) is 0 Å². The van der Waals surface area contributed by atoms with Crippen LogP contribution in [0.1, 0.15) is 30.2 Å². The van der Waals surface area contributed by atoms with Gasteiger partial charge in [-0.25, -0.2) is 14.8 Å². The smallest absolute Gasteiger partial charge is 0.410 e. The highest BCUT2D eigenvalue weighted by atomic mass is 35.5. The topological polar surface area (TPSA) is 85.6 Å². The second-order valence-corrected chi connectivity index (χ2v) is 11.0. The van der Waals surface area contributed by atoms with Crippen LogP contribution in [0.25, 0.3) is 10.8 Å². The lowest BCUT2D eigenvalue weighted by molar-refractivity contribution is 0.0709. The normalized spacial score (nSPS) is 18.6. The fourth-order valence-electron chi connectivity index (χ4n) is 5.95. The number of halogens is 1. The molecular weight excluding hydrogens is 536 g/mol. The maximum Gasteiger partial charge on any atom is 0.410 e. The zero-order valence-electron chi connectivity index (χ0n) is 22.9. The van der Waals surface area contributed by atoms with Crippen LogP contribution in [0.15, 0.2) is 72.8 Å². The second-order valence-electron chi connectivity index (χ2n) is 10.6. The van der Waals surface area contributed by atoms with Gasteiger partial charge in [0.2, 0.25) is 5.28 Å². The fourth-order valence-corrected chi connectivity index (χ4v) is 6.13. The molecule has 0 unspecified atom stereocenters. The summed E-state index contributed by atoms with van der Waals surface area (Å²) in [5.41, 5.74) is 4.08. The van der Waals surface area contributed by atoms with Crippen molar-refractivity contribution >= 4 is 40.0 Å². The van der Waals surface area contributed by atoms with Gasteiger partial charge >= 0.3 is 6.09 Å². The van der Waals surface area contributed by atoms with E-state index in [4.69, 9.17) is 21.3 Å². The lowest BCUT2D eigenvalue weighted by Gasteiger charge is -2.45. The predicted octanol–water partition coefficient (Wildman–Crippen LogP) is 5.98. The number of nitriles is 1. The minimum atomic E-state index is -0.408. The number of amides is 1. The summed E-state index contributed by atoms with van der Waals surface area (Å²) in [4.78, 5) is 28.7. The molecule has 6 rings (SSSR count). The van der Waals surface area contributed by atoms with Crippen molar-refractivity contribution < 1.29 is 9.53 Å². The summed E-state index contributed by atoms with van der Waals surface area (Å²) >= 11 is 6.51. The van der Waals surface area contributed by atoms with Gasteiger partial charge in [-0.1, -0.05) is 66.7 Å². The number of carbonyl (C=O) groups excluding carboxylic acids is 1. The van der Waals surface area contributed by atoms with Crippen molar-refractivity contribution in [2.75, 3.05) is 29.4 Å². The Morgan fingerprint density at radius 3 is 2.66 bits per heavy atom. The number of fused-ring (bicyclic) bond motifs is 2. The molecule has 1 fully saturated rings. The number of benzene rings is 3. The molecule has 2 aliphatic heterocycles. The van der Waals surface area contributed by atoms with Crippen LogP contribution in [0.2, 0.25) is 5.28 Å². The molecule has 2 aliphatic rings. The van der Waals surface area contributed by atoms with E-state index in [9.17, 15) is 10.1 Å². The summed E-state index contributed by atoms with van der Waals surface area (Å²) in [5.74, 6) is 0.797. The number of hydrogen-bond donors (Lipinski definition) is 0. The third-order valence-electron chi connectivity index (χ3n) is 8.00. The molecule has 2 atom stereocenters. The first-order valence-electron chi connectivity index (χ1n) is 13.9. The Balaban J connectivity index is 1.24. The van der Waals surface area contributed by atoms with Crippen molar-refractivity contribution in [2.24, 2.45) is 0 Å². The molecule has 0 N–H and O–H groups in total. The molecule has 8 nitrogen and oxygen atoms in total. The molecule has 1 saturated heterocycles. The SMILES string of the molecule is C[C@@H]1CN(C(=O)OCc2ccccc2)[C@@H](CC#N)CN1c1nc(Cl)nc2c1CCN(c1cccc3ccccc13)C2. The van der Waals surface area contributed by atoms with Crippen molar-refractivity contribution in [3.05, 3.63) is 94.9 Å². The van der Waals surface area contributed by atoms with Crippen molar-refractivity contribution in [3.63, 3.8) is 0 Å². The van der Waals surface area contributed by atoms with E-state index >= 15 is 0 Å². The van der Waals surface area contributed by atoms with Crippen LogP contribution in [0.4, 0.5) is 16.3 Å². The maximum absolute atomic E-state index is 13.1. The number of ether oxygens (including phenoxy) is 1. The minimum Gasteiger partial charge on any atom is -0.445 e. The standard InChI is InChI=1S/C32H31ClN6O2/c1-22-18-39(32(40)41-21-23-8-3-2-4-9-23)25(14-16-34)19-38(22)30-27-15-17-37(20-28(27)35-31(33)36-30)29-13-7-11-24-10-5-6-12-26(24)29/h2-13,22,25H,14-15,17-21H2,1H3/t22-,25+/m1/s1. The Kier molecular flexibility index (Phi) is 7.62. The molecule has 41 heavy (non-hydrogen) atoms. The van der Waals surface area contributed by atoms with Crippen LogP contribution in [0.3, 0.4) is 0 Å². The molecule has 208 valence electrons. The van der Waals surface area contributed by atoms with Gasteiger partial charge in [0.05, 0.1) is 30.8 Å². The van der Waals surface area contributed by atoms with E-state index in [2.05, 4.69) is 70.2 Å². The molecule has 1 aromatic heterocycles. The Hall–Kier alpha value is -4.35. The highest BCUT2D eigenvalue weighted by Gasteiger charge is 2.38. The Labute approximate surface area is 244 Å². The van der Waals surface area contributed by atoms with Crippen LogP contribution in [0, 0.1) is 11.3 Å². The molecule has 4 aromatic rings. The summed E-state index contributed by atoms with van der Waals surface area (Å²) in [7, 11) is 0. The minimum absolute atomic E-state index is 0.0552. The zero-order chi connectivity index (χ0) is 28.3. The van der Waals surface area contributed by atoms with E-state index in [1.165, 1.54) is 16.5 Å². The number of carbonyl (C=O) groups is 1. The van der Waals surface area contributed by atoms with E-state index < -0.39 is 6.09 Å². The van der Waals surface area contributed by atoms with Gasteiger partial charge in [-0.2, -0.15) is 5.26 Å². The summed E-state index contributed by atoms with van der Waals surface area (Å²) in [6, 6.07) is 26.2. The molecule has 0 spiro atoms. The molecule has 1 amide bonds. The Bertz CT molecular complexity index is 1600. The molecule has 3 aromatic carbocycles. The average Bonchev–Trinajstić information content (AvgIpc) is 3.00. The van der Waals surface area contributed by atoms with E-state index in [-0.39, 0.29) is 30.4 Å². The monoisotopic (exact) mass is 566 g/mol. The van der Waals surface area contributed by atoms with Crippen molar-refractivity contribution in [3.8, 4) is 6.07 Å². The lowest BCUT2D eigenvalue weighted by atomic mass is 10.00. The molecule has 9 heteroatoms. The van der Waals surface area contributed by atoms with E-state index in [1.807, 2.05) is 30.3 Å². The lowest BCUT2D eigenvalue weighted by Crippen LogP contribution is -2.59. The Morgan fingerprint density at radius 2 is 1.83 bits per heavy atom. The number of piperazine rings is 1. The van der Waals surface area contributed by atoms with Gasteiger partial charge in [0, 0.05) is 42.3 Å². The van der Waals surface area contributed by atoms with Gasteiger partial charge in [0.1, 0.15) is 12.4 Å². The summed E-state index contributed by atoms with van der Waals surface area (Å²) in [5, 5.41) is 12.2. The van der Waals surface area contributed by atoms with Crippen LogP contribution in [-0.2, 0) is 24.3 Å². The number of aromatic nitrogens is 2. The van der Waals surface area contributed by atoms with E-state index in [1.54, 1.807) is 4.90 Å². The highest BCUT2D eigenvalue weighted by molar-refractivity contribution is 6.28. The van der Waals surface area contributed by atoms with Crippen molar-refractivity contribution in [2.45, 2.75) is 45.0 Å². The maximum atomic E-state index is 13.1. The summed E-state index contributed by atoms with van der Waals surface area (Å²) < 4.78 is 5.63. The summed E-state index contributed by atoms with van der Waals surface area (Å²) in [6.07, 6.45) is 0.550. The van der Waals surface area contributed by atoms with Gasteiger partial charge < -0.3 is 19.4 Å².